The molecule has 0 spiro atoms. The molecule has 2 heteroatoms. The van der Waals surface area contributed by atoms with Crippen LogP contribution < -0.4 is 0 Å². The Bertz CT molecular complexity index is 716. The van der Waals surface area contributed by atoms with E-state index in [0.29, 0.717) is 0 Å². The summed E-state index contributed by atoms with van der Waals surface area (Å²) in [5.41, 5.74) is 4.17. The third-order valence-corrected chi connectivity index (χ3v) is 4.47. The van der Waals surface area contributed by atoms with Crippen molar-refractivity contribution >= 4 is 17.1 Å². The van der Waals surface area contributed by atoms with E-state index in [2.05, 4.69) is 32.9 Å². The van der Waals surface area contributed by atoms with Gasteiger partial charge < -0.3 is 4.90 Å². The first-order chi connectivity index (χ1) is 11.1. The number of nitrogens with zero attached hydrogens (tertiary/aromatic N) is 1. The lowest BCUT2D eigenvalue weighted by Crippen LogP contribution is -2.46. The van der Waals surface area contributed by atoms with Crippen molar-refractivity contribution in [2.75, 3.05) is 0 Å². The molecule has 1 amide bonds. The van der Waals surface area contributed by atoms with E-state index in [9.17, 15) is 4.79 Å². The van der Waals surface area contributed by atoms with Gasteiger partial charge in [-0.25, -0.2) is 0 Å². The van der Waals surface area contributed by atoms with Crippen LogP contribution in [-0.4, -0.2) is 22.9 Å². The van der Waals surface area contributed by atoms with Gasteiger partial charge >= 0.3 is 0 Å². The molecule has 2 nitrogen and oxygen atoms in total. The molecule has 0 bridgehead atoms. The number of hydrogen-bond donors (Lipinski definition) is 0. The van der Waals surface area contributed by atoms with E-state index in [1.807, 2.05) is 53.4 Å². The summed E-state index contributed by atoms with van der Waals surface area (Å²) in [5, 5.41) is 0. The molecule has 1 aliphatic heterocycles. The second kappa shape index (κ2) is 6.41. The molecule has 23 heavy (non-hydrogen) atoms. The Balaban J connectivity index is 2.20. The molecule has 1 aliphatic rings. The van der Waals surface area contributed by atoms with Crippen molar-refractivity contribution in [3.63, 3.8) is 0 Å². The van der Waals surface area contributed by atoms with Gasteiger partial charge in [0.15, 0.2) is 0 Å². The van der Waals surface area contributed by atoms with Gasteiger partial charge in [0, 0.05) is 12.1 Å². The van der Waals surface area contributed by atoms with Gasteiger partial charge in [-0.2, -0.15) is 0 Å². The second-order valence-electron chi connectivity index (χ2n) is 6.44. The van der Waals surface area contributed by atoms with Crippen molar-refractivity contribution < 1.29 is 4.79 Å². The molecule has 0 aliphatic carbocycles. The van der Waals surface area contributed by atoms with Gasteiger partial charge in [0.1, 0.15) is 0 Å². The van der Waals surface area contributed by atoms with Gasteiger partial charge in [0.05, 0.1) is 5.57 Å². The maximum Gasteiger partial charge on any atom is 0.255 e. The van der Waals surface area contributed by atoms with E-state index >= 15 is 0 Å². The summed E-state index contributed by atoms with van der Waals surface area (Å²) in [7, 11) is 0. The Labute approximate surface area is 138 Å². The van der Waals surface area contributed by atoms with Gasteiger partial charge in [-0.15, -0.1) is 0 Å². The Hall–Kier alpha value is -2.35. The fourth-order valence-corrected chi connectivity index (χ4v) is 3.50. The summed E-state index contributed by atoms with van der Waals surface area (Å²) >= 11 is 0. The Morgan fingerprint density at radius 2 is 1.43 bits per heavy atom. The topological polar surface area (TPSA) is 20.3 Å². The number of amides is 1. The molecule has 3 rings (SSSR count). The van der Waals surface area contributed by atoms with Crippen LogP contribution in [0.15, 0.2) is 60.7 Å². The first-order valence-corrected chi connectivity index (χ1v) is 8.26. The first-order valence-electron chi connectivity index (χ1n) is 8.26. The average molecular weight is 305 g/mol. The summed E-state index contributed by atoms with van der Waals surface area (Å²) in [6.07, 6.45) is 0.887. The molecular weight excluding hydrogens is 282 g/mol. The van der Waals surface area contributed by atoms with Gasteiger partial charge in [-0.05, 0) is 43.9 Å². The average Bonchev–Trinajstić information content (AvgIpc) is 2.55. The molecule has 1 heterocycles. The summed E-state index contributed by atoms with van der Waals surface area (Å²) in [6, 6.07) is 20.7. The van der Waals surface area contributed by atoms with Crippen LogP contribution >= 0.6 is 0 Å². The lowest BCUT2D eigenvalue weighted by atomic mass is 9.85. The molecule has 0 saturated carbocycles. The first kappa shape index (κ1) is 15.5. The van der Waals surface area contributed by atoms with Crippen molar-refractivity contribution in [3.05, 3.63) is 71.8 Å². The fourth-order valence-electron chi connectivity index (χ4n) is 3.50. The molecule has 0 N–H and O–H groups in total. The summed E-state index contributed by atoms with van der Waals surface area (Å²) in [4.78, 5) is 15.2. The monoisotopic (exact) mass is 305 g/mol. The van der Waals surface area contributed by atoms with Crippen molar-refractivity contribution in [2.45, 2.75) is 39.3 Å². The van der Waals surface area contributed by atoms with Crippen molar-refractivity contribution in [1.82, 2.24) is 4.90 Å². The minimum absolute atomic E-state index is 0.142. The molecule has 1 atom stereocenters. The highest BCUT2D eigenvalue weighted by molar-refractivity contribution is 6.28. The third kappa shape index (κ3) is 2.94. The lowest BCUT2D eigenvalue weighted by Gasteiger charge is -2.39. The second-order valence-corrected chi connectivity index (χ2v) is 6.44. The zero-order chi connectivity index (χ0) is 16.4. The molecule has 0 saturated heterocycles. The van der Waals surface area contributed by atoms with E-state index in [4.69, 9.17) is 0 Å². The van der Waals surface area contributed by atoms with Crippen LogP contribution in [0.5, 0.6) is 0 Å². The summed E-state index contributed by atoms with van der Waals surface area (Å²) in [6.45, 7) is 6.32. The lowest BCUT2D eigenvalue weighted by molar-refractivity contribution is -0.129. The van der Waals surface area contributed by atoms with E-state index in [-0.39, 0.29) is 18.0 Å². The van der Waals surface area contributed by atoms with Gasteiger partial charge in [-0.3, -0.25) is 4.79 Å². The molecule has 2 aromatic carbocycles. The fraction of sp³-hybridized carbons (Fsp3) is 0.286. The molecule has 0 aromatic heterocycles. The van der Waals surface area contributed by atoms with Crippen molar-refractivity contribution in [1.29, 1.82) is 0 Å². The van der Waals surface area contributed by atoms with E-state index in [1.54, 1.807) is 0 Å². The molecule has 0 radical (unpaired) electrons. The highest BCUT2D eigenvalue weighted by Gasteiger charge is 2.34. The highest BCUT2D eigenvalue weighted by Crippen LogP contribution is 2.37. The van der Waals surface area contributed by atoms with E-state index in [0.717, 1.165) is 28.7 Å². The van der Waals surface area contributed by atoms with Crippen LogP contribution in [0.2, 0.25) is 0 Å². The predicted octanol–water partition coefficient (Wildman–Crippen LogP) is 4.63. The maximum atomic E-state index is 13.2. The third-order valence-electron chi connectivity index (χ3n) is 4.47. The Morgan fingerprint density at radius 3 is 1.96 bits per heavy atom. The smallest absolute Gasteiger partial charge is 0.255 e. The number of rotatable bonds is 3. The van der Waals surface area contributed by atoms with Crippen LogP contribution in [0.1, 0.15) is 38.3 Å². The minimum Gasteiger partial charge on any atom is -0.333 e. The van der Waals surface area contributed by atoms with Gasteiger partial charge in [-0.1, -0.05) is 60.7 Å². The van der Waals surface area contributed by atoms with Gasteiger partial charge in [0.2, 0.25) is 0 Å². The number of carbonyl (C=O) groups is 1. The van der Waals surface area contributed by atoms with Crippen molar-refractivity contribution in [3.8, 4) is 0 Å². The largest absolute Gasteiger partial charge is 0.333 e. The molecule has 0 fully saturated rings. The van der Waals surface area contributed by atoms with Crippen LogP contribution in [0, 0.1) is 0 Å². The predicted molar refractivity (Wildman–Crippen MR) is 95.8 cm³/mol. The quantitative estimate of drug-likeness (QED) is 0.810. The van der Waals surface area contributed by atoms with Crippen molar-refractivity contribution in [2.24, 2.45) is 0 Å². The normalized spacial score (nSPS) is 18.7. The maximum absolute atomic E-state index is 13.2. The summed E-state index contributed by atoms with van der Waals surface area (Å²) in [5.74, 6) is 0.142. The zero-order valence-electron chi connectivity index (χ0n) is 14.0. The Morgan fingerprint density at radius 1 is 0.913 bits per heavy atom. The Kier molecular flexibility index (Phi) is 4.33. The standard InChI is InChI=1S/C21H23NO/c1-15(2)22-16(3)14-19(17-10-6-4-7-11-17)20(21(22)23)18-12-8-5-9-13-18/h4-13,15-16H,14H2,1-3H3. The highest BCUT2D eigenvalue weighted by atomic mass is 16.2. The van der Waals surface area contributed by atoms with E-state index in [1.165, 1.54) is 0 Å². The number of hydrogen-bond acceptors (Lipinski definition) is 1. The van der Waals surface area contributed by atoms with Crippen LogP contribution in [0.4, 0.5) is 0 Å². The van der Waals surface area contributed by atoms with Crippen LogP contribution in [0.25, 0.3) is 11.1 Å². The van der Waals surface area contributed by atoms with E-state index < -0.39 is 0 Å². The number of benzene rings is 2. The molecular formula is C21H23NO. The minimum atomic E-state index is 0.142. The zero-order valence-corrected chi connectivity index (χ0v) is 14.0. The molecule has 1 unspecified atom stereocenters. The summed E-state index contributed by atoms with van der Waals surface area (Å²) < 4.78 is 0. The molecule has 118 valence electrons. The number of carbonyl (C=O) groups excluding carboxylic acids is 1. The van der Waals surface area contributed by atoms with Gasteiger partial charge in [0.25, 0.3) is 5.91 Å². The van der Waals surface area contributed by atoms with Crippen LogP contribution in [-0.2, 0) is 4.79 Å². The SMILES string of the molecule is CC(C)N1C(=O)C(c2ccccc2)=C(c2ccccc2)CC1C. The van der Waals surface area contributed by atoms with Crippen LogP contribution in [0.3, 0.4) is 0 Å². The molecule has 2 aromatic rings.